The standard InChI is InChI=1S/C27H22Cl2N4O6S/c28-23-10-7-17(15-22(23)25-6-1-2-12-30-25)31-27(35)21-9-8-20(16-24(21)29)40(37,38)33-18-4-3-5-19(14-18)39-13-11-26(34)32-36/h1-10,12,14-16,33,36H,11,13H2,(H,31,35)(H,32,34). The Morgan fingerprint density at radius 2 is 1.73 bits per heavy atom. The molecule has 4 aromatic rings. The summed E-state index contributed by atoms with van der Waals surface area (Å²) < 4.78 is 33.8. The van der Waals surface area contributed by atoms with E-state index in [1.54, 1.807) is 48.7 Å². The summed E-state index contributed by atoms with van der Waals surface area (Å²) in [5.41, 5.74) is 3.48. The SMILES string of the molecule is O=C(CCOc1cccc(NS(=O)(=O)c2ccc(C(=O)Nc3ccc(Cl)c(-c4ccccn4)c3)c(Cl)c2)c1)NO. The molecular weight excluding hydrogens is 579 g/mol. The molecule has 3 aromatic carbocycles. The second-order valence-electron chi connectivity index (χ2n) is 8.27. The monoisotopic (exact) mass is 600 g/mol. The van der Waals surface area contributed by atoms with Gasteiger partial charge >= 0.3 is 0 Å². The van der Waals surface area contributed by atoms with E-state index in [9.17, 15) is 18.0 Å². The van der Waals surface area contributed by atoms with Gasteiger partial charge in [-0.25, -0.2) is 13.9 Å². The highest BCUT2D eigenvalue weighted by Crippen LogP contribution is 2.30. The molecule has 4 N–H and O–H groups in total. The number of hydrogen-bond acceptors (Lipinski definition) is 7. The van der Waals surface area contributed by atoms with Gasteiger partial charge in [-0.15, -0.1) is 0 Å². The van der Waals surface area contributed by atoms with E-state index in [0.717, 1.165) is 0 Å². The van der Waals surface area contributed by atoms with Gasteiger partial charge in [-0.2, -0.15) is 0 Å². The lowest BCUT2D eigenvalue weighted by atomic mass is 10.1. The minimum Gasteiger partial charge on any atom is -0.493 e. The van der Waals surface area contributed by atoms with E-state index in [4.69, 9.17) is 33.1 Å². The third-order valence-corrected chi connectivity index (χ3v) is 7.49. The largest absolute Gasteiger partial charge is 0.493 e. The summed E-state index contributed by atoms with van der Waals surface area (Å²) in [4.78, 5) is 28.2. The lowest BCUT2D eigenvalue weighted by Crippen LogP contribution is -2.20. The number of anilines is 2. The minimum atomic E-state index is -4.07. The van der Waals surface area contributed by atoms with E-state index in [0.29, 0.717) is 27.7 Å². The number of rotatable bonds is 10. The molecule has 0 aliphatic heterocycles. The molecule has 1 heterocycles. The Kier molecular flexibility index (Phi) is 9.22. The van der Waals surface area contributed by atoms with Crippen LogP contribution in [0, 0.1) is 0 Å². The van der Waals surface area contributed by atoms with E-state index in [-0.39, 0.29) is 34.2 Å². The van der Waals surface area contributed by atoms with Crippen molar-refractivity contribution in [2.45, 2.75) is 11.3 Å². The molecule has 206 valence electrons. The van der Waals surface area contributed by atoms with Crippen LogP contribution in [0.15, 0.2) is 90.0 Å². The predicted molar refractivity (Wildman–Crippen MR) is 151 cm³/mol. The number of benzene rings is 3. The van der Waals surface area contributed by atoms with Crippen LogP contribution in [-0.4, -0.2) is 37.0 Å². The van der Waals surface area contributed by atoms with Crippen LogP contribution in [0.2, 0.25) is 10.0 Å². The highest BCUT2D eigenvalue weighted by atomic mass is 35.5. The number of carbonyl (C=O) groups is 2. The third-order valence-electron chi connectivity index (χ3n) is 5.47. The molecule has 40 heavy (non-hydrogen) atoms. The van der Waals surface area contributed by atoms with Crippen molar-refractivity contribution >= 4 is 56.4 Å². The normalized spacial score (nSPS) is 11.0. The summed E-state index contributed by atoms with van der Waals surface area (Å²) >= 11 is 12.6. The van der Waals surface area contributed by atoms with Crippen LogP contribution in [0.25, 0.3) is 11.3 Å². The van der Waals surface area contributed by atoms with Gasteiger partial charge in [0.2, 0.25) is 5.91 Å². The van der Waals surface area contributed by atoms with E-state index in [1.165, 1.54) is 35.8 Å². The molecule has 0 spiro atoms. The quantitative estimate of drug-likeness (QED) is 0.141. The fourth-order valence-electron chi connectivity index (χ4n) is 3.55. The van der Waals surface area contributed by atoms with Crippen LogP contribution in [0.1, 0.15) is 16.8 Å². The minimum absolute atomic E-state index is 0.0256. The number of sulfonamides is 1. The molecule has 0 saturated carbocycles. The molecule has 2 amide bonds. The van der Waals surface area contributed by atoms with Crippen LogP contribution >= 0.6 is 23.2 Å². The average molecular weight is 601 g/mol. The number of nitrogens with one attached hydrogen (secondary N) is 3. The molecule has 1 aromatic heterocycles. The first-order valence-electron chi connectivity index (χ1n) is 11.7. The predicted octanol–water partition coefficient (Wildman–Crippen LogP) is 5.38. The third kappa shape index (κ3) is 7.27. The number of pyridine rings is 1. The number of hydrogen-bond donors (Lipinski definition) is 4. The highest BCUT2D eigenvalue weighted by Gasteiger charge is 2.19. The topological polar surface area (TPSA) is 147 Å². The summed E-state index contributed by atoms with van der Waals surface area (Å²) in [5.74, 6) is -0.853. The van der Waals surface area contributed by atoms with E-state index in [2.05, 4.69) is 15.0 Å². The van der Waals surface area contributed by atoms with E-state index < -0.39 is 21.8 Å². The van der Waals surface area contributed by atoms with Crippen LogP contribution in [0.3, 0.4) is 0 Å². The van der Waals surface area contributed by atoms with Crippen molar-refractivity contribution in [2.75, 3.05) is 16.6 Å². The Bertz CT molecular complexity index is 1650. The van der Waals surface area contributed by atoms with Crippen LogP contribution in [0.4, 0.5) is 11.4 Å². The lowest BCUT2D eigenvalue weighted by Gasteiger charge is -2.12. The Labute approximate surface area is 239 Å². The van der Waals surface area contributed by atoms with Crippen molar-refractivity contribution in [1.29, 1.82) is 0 Å². The second-order valence-corrected chi connectivity index (χ2v) is 10.8. The van der Waals surface area contributed by atoms with Crippen molar-refractivity contribution in [3.63, 3.8) is 0 Å². The van der Waals surface area contributed by atoms with Crippen molar-refractivity contribution < 1.29 is 28.0 Å². The summed E-state index contributed by atoms with van der Waals surface area (Å²) in [5, 5.41) is 11.7. The maximum Gasteiger partial charge on any atom is 0.261 e. The molecule has 0 aliphatic carbocycles. The number of aromatic nitrogens is 1. The molecule has 4 rings (SSSR count). The zero-order valence-corrected chi connectivity index (χ0v) is 22.9. The molecule has 0 saturated heterocycles. The molecule has 0 atom stereocenters. The molecule has 0 bridgehead atoms. The maximum absolute atomic E-state index is 13.0. The molecule has 0 fully saturated rings. The molecule has 0 radical (unpaired) electrons. The molecular formula is C27H22Cl2N4O6S. The number of halogens is 2. The van der Waals surface area contributed by atoms with Gasteiger partial charge in [0.15, 0.2) is 0 Å². The molecule has 0 aliphatic rings. The first kappa shape index (κ1) is 28.8. The Hall–Kier alpha value is -4.16. The molecule has 10 nitrogen and oxygen atoms in total. The summed E-state index contributed by atoms with van der Waals surface area (Å²) in [6.07, 6.45) is 1.54. The number of amides is 2. The van der Waals surface area contributed by atoms with Crippen LogP contribution < -0.4 is 20.3 Å². The smallest absolute Gasteiger partial charge is 0.261 e. The highest BCUT2D eigenvalue weighted by molar-refractivity contribution is 7.92. The first-order chi connectivity index (χ1) is 19.2. The lowest BCUT2D eigenvalue weighted by molar-refractivity contribution is -0.129. The van der Waals surface area contributed by atoms with Crippen LogP contribution in [-0.2, 0) is 14.8 Å². The summed E-state index contributed by atoms with van der Waals surface area (Å²) in [6.45, 7) is -0.0256. The summed E-state index contributed by atoms with van der Waals surface area (Å²) in [6, 6.07) is 20.2. The zero-order chi connectivity index (χ0) is 28.7. The van der Waals surface area contributed by atoms with E-state index >= 15 is 0 Å². The average Bonchev–Trinajstić information content (AvgIpc) is 2.94. The van der Waals surface area contributed by atoms with Crippen molar-refractivity contribution in [1.82, 2.24) is 10.5 Å². The summed E-state index contributed by atoms with van der Waals surface area (Å²) in [7, 11) is -4.07. The second kappa shape index (κ2) is 12.8. The van der Waals surface area contributed by atoms with Gasteiger partial charge in [-0.05, 0) is 60.7 Å². The fraction of sp³-hybridized carbons (Fsp3) is 0.0741. The van der Waals surface area contributed by atoms with Gasteiger partial charge in [0.1, 0.15) is 5.75 Å². The Morgan fingerprint density at radius 1 is 0.900 bits per heavy atom. The van der Waals surface area contributed by atoms with Gasteiger partial charge in [-0.3, -0.25) is 24.5 Å². The van der Waals surface area contributed by atoms with Crippen molar-refractivity contribution in [3.05, 3.63) is 101 Å². The number of hydroxylamine groups is 1. The van der Waals surface area contributed by atoms with Crippen LogP contribution in [0.5, 0.6) is 5.75 Å². The number of carbonyl (C=O) groups excluding carboxylic acids is 2. The Morgan fingerprint density at radius 3 is 2.45 bits per heavy atom. The van der Waals surface area contributed by atoms with Gasteiger partial charge in [0.05, 0.1) is 44.9 Å². The maximum atomic E-state index is 13.0. The van der Waals surface area contributed by atoms with Crippen molar-refractivity contribution in [2.24, 2.45) is 0 Å². The molecule has 0 unspecified atom stereocenters. The van der Waals surface area contributed by atoms with Gasteiger partial charge < -0.3 is 10.1 Å². The van der Waals surface area contributed by atoms with Gasteiger partial charge in [-0.1, -0.05) is 35.3 Å². The van der Waals surface area contributed by atoms with Gasteiger partial charge in [0, 0.05) is 23.5 Å². The Balaban J connectivity index is 1.46. The number of nitrogens with zero attached hydrogens (tertiary/aromatic N) is 1. The van der Waals surface area contributed by atoms with Crippen molar-refractivity contribution in [3.8, 4) is 17.0 Å². The first-order valence-corrected chi connectivity index (χ1v) is 13.9. The van der Waals surface area contributed by atoms with E-state index in [1.807, 2.05) is 6.07 Å². The number of ether oxygens (including phenoxy) is 1. The molecule has 13 heteroatoms. The van der Waals surface area contributed by atoms with Gasteiger partial charge in [0.25, 0.3) is 15.9 Å². The fourth-order valence-corrected chi connectivity index (χ4v) is 5.17. The zero-order valence-electron chi connectivity index (χ0n) is 20.6.